The summed E-state index contributed by atoms with van der Waals surface area (Å²) >= 11 is 0. The summed E-state index contributed by atoms with van der Waals surface area (Å²) in [5.74, 6) is 0.538. The van der Waals surface area contributed by atoms with E-state index in [1.807, 2.05) is 0 Å². The number of hydrogen-bond donors (Lipinski definition) is 1. The minimum Gasteiger partial charge on any atom is -0.420 e. The summed E-state index contributed by atoms with van der Waals surface area (Å²) in [6, 6.07) is 6.06. The molecule has 0 amide bonds. The second kappa shape index (κ2) is 6.82. The molecule has 148 valence electrons. The summed E-state index contributed by atoms with van der Waals surface area (Å²) in [5.41, 5.74) is 1.90. The molecule has 1 fully saturated rings. The average Bonchev–Trinajstić information content (AvgIpc) is 3.35. The largest absolute Gasteiger partial charge is 0.420 e. The first kappa shape index (κ1) is 18.8. The zero-order valence-electron chi connectivity index (χ0n) is 15.9. The molecule has 0 unspecified atom stereocenters. The fourth-order valence-electron chi connectivity index (χ4n) is 3.22. The van der Waals surface area contributed by atoms with Gasteiger partial charge in [0.2, 0.25) is 15.9 Å². The van der Waals surface area contributed by atoms with Crippen molar-refractivity contribution in [3.8, 4) is 11.5 Å². The molecule has 0 saturated heterocycles. The van der Waals surface area contributed by atoms with Gasteiger partial charge in [-0.25, -0.2) is 17.5 Å². The summed E-state index contributed by atoms with van der Waals surface area (Å²) in [5, 5.41) is 8.16. The maximum atomic E-state index is 13.9. The molecule has 4 rings (SSSR count). The van der Waals surface area contributed by atoms with Crippen molar-refractivity contribution >= 4 is 10.0 Å². The van der Waals surface area contributed by atoms with E-state index in [0.29, 0.717) is 22.8 Å². The van der Waals surface area contributed by atoms with E-state index >= 15 is 0 Å². The van der Waals surface area contributed by atoms with Crippen molar-refractivity contribution in [1.29, 1.82) is 0 Å². The third-order valence-corrected chi connectivity index (χ3v) is 6.75. The Labute approximate surface area is 162 Å². The lowest BCUT2D eigenvalue weighted by molar-refractivity contribution is 0.506. The highest BCUT2D eigenvalue weighted by atomic mass is 32.2. The lowest BCUT2D eigenvalue weighted by atomic mass is 10.2. The number of nitrogens with zero attached hydrogens (tertiary/aromatic N) is 3. The van der Waals surface area contributed by atoms with Gasteiger partial charge in [0.05, 0.1) is 5.56 Å². The minimum absolute atomic E-state index is 0.0786. The average molecular weight is 404 g/mol. The van der Waals surface area contributed by atoms with Crippen LogP contribution in [0.1, 0.15) is 41.6 Å². The van der Waals surface area contributed by atoms with Crippen LogP contribution in [0.15, 0.2) is 33.6 Å². The molecule has 9 heteroatoms. The van der Waals surface area contributed by atoms with Crippen LogP contribution in [0.3, 0.4) is 0 Å². The van der Waals surface area contributed by atoms with Crippen LogP contribution in [0.2, 0.25) is 0 Å². The molecular formula is C19H21FN4O3S. The van der Waals surface area contributed by atoms with Crippen molar-refractivity contribution in [3.05, 3.63) is 52.9 Å². The van der Waals surface area contributed by atoms with Gasteiger partial charge in [0.25, 0.3) is 5.89 Å². The van der Waals surface area contributed by atoms with Crippen LogP contribution in [-0.2, 0) is 23.6 Å². The van der Waals surface area contributed by atoms with Gasteiger partial charge in [-0.2, -0.15) is 0 Å². The Bertz CT molecular complexity index is 1150. The number of aromatic nitrogens is 3. The summed E-state index contributed by atoms with van der Waals surface area (Å²) in [6.07, 6.45) is 2.01. The van der Waals surface area contributed by atoms with Crippen molar-refractivity contribution in [2.45, 2.75) is 44.0 Å². The van der Waals surface area contributed by atoms with Gasteiger partial charge in [-0.3, -0.25) is 0 Å². The van der Waals surface area contributed by atoms with Gasteiger partial charge in [0.15, 0.2) is 0 Å². The molecule has 7 nitrogen and oxygen atoms in total. The van der Waals surface area contributed by atoms with Crippen LogP contribution in [0.25, 0.3) is 11.5 Å². The van der Waals surface area contributed by atoms with E-state index in [1.54, 1.807) is 43.7 Å². The zero-order valence-corrected chi connectivity index (χ0v) is 16.7. The van der Waals surface area contributed by atoms with Crippen LogP contribution in [0.5, 0.6) is 0 Å². The molecule has 1 aromatic carbocycles. The first-order valence-corrected chi connectivity index (χ1v) is 10.5. The molecule has 3 aromatic rings. The highest BCUT2D eigenvalue weighted by molar-refractivity contribution is 7.89. The number of rotatable bonds is 6. The summed E-state index contributed by atoms with van der Waals surface area (Å²) in [7, 11) is -2.17. The maximum absolute atomic E-state index is 13.9. The fourth-order valence-corrected chi connectivity index (χ4v) is 4.73. The van der Waals surface area contributed by atoms with Crippen molar-refractivity contribution < 1.29 is 17.2 Å². The van der Waals surface area contributed by atoms with E-state index in [2.05, 4.69) is 14.9 Å². The third kappa shape index (κ3) is 3.24. The number of nitrogens with one attached hydrogen (secondary N) is 1. The van der Waals surface area contributed by atoms with Crippen molar-refractivity contribution in [2.75, 3.05) is 0 Å². The second-order valence-corrected chi connectivity index (χ2v) is 8.77. The number of hydrogen-bond acceptors (Lipinski definition) is 5. The normalized spacial score (nSPS) is 14.6. The highest BCUT2D eigenvalue weighted by Crippen LogP contribution is 2.41. The van der Waals surface area contributed by atoms with Gasteiger partial charge in [-0.1, -0.05) is 18.2 Å². The van der Waals surface area contributed by atoms with Crippen LogP contribution in [0, 0.1) is 19.7 Å². The quantitative estimate of drug-likeness (QED) is 0.681. The molecule has 1 N–H and O–H groups in total. The number of benzene rings is 1. The summed E-state index contributed by atoms with van der Waals surface area (Å²) in [4.78, 5) is 0.0786. The van der Waals surface area contributed by atoms with Crippen molar-refractivity contribution in [2.24, 2.45) is 7.05 Å². The fraction of sp³-hybridized carbons (Fsp3) is 0.368. The predicted octanol–water partition coefficient (Wildman–Crippen LogP) is 3.19. The molecule has 0 atom stereocenters. The van der Waals surface area contributed by atoms with Gasteiger partial charge in [-0.15, -0.1) is 10.2 Å². The first-order valence-electron chi connectivity index (χ1n) is 9.02. The molecule has 2 aromatic heterocycles. The Balaban J connectivity index is 1.73. The van der Waals surface area contributed by atoms with Crippen LogP contribution >= 0.6 is 0 Å². The van der Waals surface area contributed by atoms with E-state index in [1.165, 1.54) is 6.07 Å². The molecule has 1 saturated carbocycles. The van der Waals surface area contributed by atoms with Crippen LogP contribution in [0.4, 0.5) is 4.39 Å². The van der Waals surface area contributed by atoms with Gasteiger partial charge >= 0.3 is 0 Å². The standard InChI is InChI=1S/C19H21FN4O3S/c1-11-16(19-23-22-18(27-19)13-8-9-13)17(12(2)24(11)3)28(25,26)21-10-14-6-4-5-7-15(14)20/h4-7,13,21H,8-10H2,1-3H3. The Kier molecular flexibility index (Phi) is 4.59. The predicted molar refractivity (Wildman–Crippen MR) is 101 cm³/mol. The lowest BCUT2D eigenvalue weighted by Crippen LogP contribution is -2.24. The molecule has 28 heavy (non-hydrogen) atoms. The van der Waals surface area contributed by atoms with E-state index in [-0.39, 0.29) is 28.8 Å². The zero-order chi connectivity index (χ0) is 20.1. The van der Waals surface area contributed by atoms with Crippen LogP contribution in [-0.4, -0.2) is 23.2 Å². The second-order valence-electron chi connectivity index (χ2n) is 7.07. The van der Waals surface area contributed by atoms with Gasteiger partial charge in [-0.05, 0) is 32.8 Å². The SMILES string of the molecule is Cc1c(-c2nnc(C3CC3)o2)c(S(=O)(=O)NCc2ccccc2F)c(C)n1C. The summed E-state index contributed by atoms with van der Waals surface area (Å²) in [6.45, 7) is 3.37. The Morgan fingerprint density at radius 2 is 1.93 bits per heavy atom. The molecule has 2 heterocycles. The molecule has 0 bridgehead atoms. The Morgan fingerprint density at radius 1 is 1.21 bits per heavy atom. The molecule has 1 aliphatic carbocycles. The van der Waals surface area contributed by atoms with E-state index < -0.39 is 15.8 Å². The molecule has 0 aliphatic heterocycles. The smallest absolute Gasteiger partial charge is 0.250 e. The van der Waals surface area contributed by atoms with Gasteiger partial charge < -0.3 is 8.98 Å². The van der Waals surface area contributed by atoms with Crippen molar-refractivity contribution in [3.63, 3.8) is 0 Å². The van der Waals surface area contributed by atoms with E-state index in [9.17, 15) is 12.8 Å². The Hall–Kier alpha value is -2.52. The maximum Gasteiger partial charge on any atom is 0.250 e. The Morgan fingerprint density at radius 3 is 2.61 bits per heavy atom. The highest BCUT2D eigenvalue weighted by Gasteiger charge is 2.33. The third-order valence-electron chi connectivity index (χ3n) is 5.18. The monoisotopic (exact) mass is 404 g/mol. The van der Waals surface area contributed by atoms with Gasteiger partial charge in [0, 0.05) is 36.5 Å². The van der Waals surface area contributed by atoms with Crippen LogP contribution < -0.4 is 4.72 Å². The topological polar surface area (TPSA) is 90.0 Å². The summed E-state index contributed by atoms with van der Waals surface area (Å²) < 4.78 is 50.1. The van der Waals surface area contributed by atoms with Crippen molar-refractivity contribution in [1.82, 2.24) is 19.5 Å². The molecule has 1 aliphatic rings. The van der Waals surface area contributed by atoms with Gasteiger partial charge in [0.1, 0.15) is 10.7 Å². The molecule has 0 spiro atoms. The lowest BCUT2D eigenvalue weighted by Gasteiger charge is -2.09. The first-order chi connectivity index (χ1) is 13.3. The van der Waals surface area contributed by atoms with E-state index in [4.69, 9.17) is 4.42 Å². The number of halogens is 1. The van der Waals surface area contributed by atoms with E-state index in [0.717, 1.165) is 12.8 Å². The minimum atomic E-state index is -3.95. The molecule has 0 radical (unpaired) electrons. The number of sulfonamides is 1. The molecular weight excluding hydrogens is 383 g/mol.